The number of nitrogens with zero attached hydrogens (tertiary/aromatic N) is 2. The van der Waals surface area contributed by atoms with E-state index in [1.807, 2.05) is 11.7 Å². The molecule has 0 saturated heterocycles. The lowest BCUT2D eigenvalue weighted by molar-refractivity contribution is 0.181. The Bertz CT molecular complexity index is 325. The first-order chi connectivity index (χ1) is 7.61. The zero-order valence-electron chi connectivity index (χ0n) is 10.3. The summed E-state index contributed by atoms with van der Waals surface area (Å²) in [4.78, 5) is 0. The van der Waals surface area contributed by atoms with Crippen LogP contribution < -0.4 is 5.32 Å². The molecule has 4 nitrogen and oxygen atoms in total. The molecule has 16 heavy (non-hydrogen) atoms. The predicted octanol–water partition coefficient (Wildman–Crippen LogP) is 2.10. The summed E-state index contributed by atoms with van der Waals surface area (Å²) < 4.78 is 6.97. The van der Waals surface area contributed by atoms with Crippen molar-refractivity contribution in [2.24, 2.45) is 5.92 Å². The van der Waals surface area contributed by atoms with Gasteiger partial charge in [-0.3, -0.25) is 4.68 Å². The van der Waals surface area contributed by atoms with Crippen molar-refractivity contribution in [1.82, 2.24) is 15.1 Å². The minimum Gasteiger partial charge on any atom is -0.383 e. The molecule has 0 saturated carbocycles. The zero-order valence-corrected chi connectivity index (χ0v) is 11.1. The van der Waals surface area contributed by atoms with Crippen LogP contribution in [0.2, 0.25) is 5.02 Å². The minimum absolute atomic E-state index is 0.215. The molecule has 0 amide bonds. The maximum atomic E-state index is 6.18. The summed E-state index contributed by atoms with van der Waals surface area (Å²) >= 11 is 6.18. The van der Waals surface area contributed by atoms with Crippen molar-refractivity contribution < 1.29 is 4.74 Å². The Hall–Kier alpha value is -0.580. The van der Waals surface area contributed by atoms with Crippen LogP contribution in [0.5, 0.6) is 0 Å². The van der Waals surface area contributed by atoms with Gasteiger partial charge in [-0.05, 0) is 13.0 Å². The molecule has 1 aromatic heterocycles. The average Bonchev–Trinajstić information content (AvgIpc) is 2.59. The zero-order chi connectivity index (χ0) is 12.1. The Morgan fingerprint density at radius 1 is 1.56 bits per heavy atom. The fourth-order valence-corrected chi connectivity index (χ4v) is 2.08. The van der Waals surface area contributed by atoms with Crippen LogP contribution in [0.25, 0.3) is 0 Å². The standard InChI is InChI=1S/C11H20ClN3O/c1-8(2)10(13-3)11-9(12)7-14-15(11)5-6-16-4/h7-8,10,13H,5-6H2,1-4H3. The third-order valence-corrected chi connectivity index (χ3v) is 2.90. The molecule has 1 atom stereocenters. The quantitative estimate of drug-likeness (QED) is 0.834. The largest absolute Gasteiger partial charge is 0.383 e. The van der Waals surface area contributed by atoms with E-state index in [4.69, 9.17) is 16.3 Å². The number of nitrogens with one attached hydrogen (secondary N) is 1. The first-order valence-corrected chi connectivity index (χ1v) is 5.87. The van der Waals surface area contributed by atoms with Crippen molar-refractivity contribution in [1.29, 1.82) is 0 Å². The number of halogens is 1. The Labute approximate surface area is 102 Å². The van der Waals surface area contributed by atoms with Gasteiger partial charge in [0.1, 0.15) is 0 Å². The highest BCUT2D eigenvalue weighted by Crippen LogP contribution is 2.27. The summed E-state index contributed by atoms with van der Waals surface area (Å²) in [7, 11) is 3.62. The Balaban J connectivity index is 2.94. The highest BCUT2D eigenvalue weighted by Gasteiger charge is 2.21. The molecule has 0 fully saturated rings. The van der Waals surface area contributed by atoms with Crippen LogP contribution in [-0.2, 0) is 11.3 Å². The normalized spacial score (nSPS) is 13.4. The SMILES string of the molecule is CNC(c1c(Cl)cnn1CCOC)C(C)C. The van der Waals surface area contributed by atoms with E-state index in [1.54, 1.807) is 13.3 Å². The molecule has 0 radical (unpaired) electrons. The number of aromatic nitrogens is 2. The van der Waals surface area contributed by atoms with Crippen LogP contribution >= 0.6 is 11.6 Å². The second kappa shape index (κ2) is 6.23. The van der Waals surface area contributed by atoms with Crippen molar-refractivity contribution in [2.75, 3.05) is 20.8 Å². The molecule has 1 aromatic rings. The van der Waals surface area contributed by atoms with Crippen LogP contribution in [0, 0.1) is 5.92 Å². The van der Waals surface area contributed by atoms with E-state index in [2.05, 4.69) is 24.3 Å². The summed E-state index contributed by atoms with van der Waals surface area (Å²) in [5.41, 5.74) is 1.04. The van der Waals surface area contributed by atoms with E-state index in [0.717, 1.165) is 12.2 Å². The minimum atomic E-state index is 0.215. The van der Waals surface area contributed by atoms with Crippen molar-refractivity contribution in [3.63, 3.8) is 0 Å². The van der Waals surface area contributed by atoms with Gasteiger partial charge in [-0.25, -0.2) is 0 Å². The number of methoxy groups -OCH3 is 1. The Morgan fingerprint density at radius 3 is 2.75 bits per heavy atom. The van der Waals surface area contributed by atoms with Crippen molar-refractivity contribution in [2.45, 2.75) is 26.4 Å². The average molecular weight is 246 g/mol. The lowest BCUT2D eigenvalue weighted by Gasteiger charge is -2.22. The van der Waals surface area contributed by atoms with Gasteiger partial charge in [-0.15, -0.1) is 0 Å². The molecule has 1 heterocycles. The highest BCUT2D eigenvalue weighted by molar-refractivity contribution is 6.31. The molecule has 0 aliphatic rings. The van der Waals surface area contributed by atoms with Gasteiger partial charge >= 0.3 is 0 Å². The van der Waals surface area contributed by atoms with E-state index in [0.29, 0.717) is 17.5 Å². The van der Waals surface area contributed by atoms with Gasteiger partial charge in [-0.2, -0.15) is 5.10 Å². The molecule has 0 aliphatic carbocycles. The van der Waals surface area contributed by atoms with Crippen molar-refractivity contribution in [3.8, 4) is 0 Å². The summed E-state index contributed by atoms with van der Waals surface area (Å²) in [6, 6.07) is 0.215. The third-order valence-electron chi connectivity index (χ3n) is 2.61. The lowest BCUT2D eigenvalue weighted by Crippen LogP contribution is -2.26. The van der Waals surface area contributed by atoms with Gasteiger partial charge in [0.25, 0.3) is 0 Å². The Kier molecular flexibility index (Phi) is 5.25. The predicted molar refractivity (Wildman–Crippen MR) is 65.8 cm³/mol. The molecule has 0 bridgehead atoms. The molecule has 0 spiro atoms. The molecular weight excluding hydrogens is 226 g/mol. The van der Waals surface area contributed by atoms with E-state index >= 15 is 0 Å². The number of ether oxygens (including phenoxy) is 1. The third kappa shape index (κ3) is 2.97. The monoisotopic (exact) mass is 245 g/mol. The maximum absolute atomic E-state index is 6.18. The van der Waals surface area contributed by atoms with Crippen LogP contribution in [0.4, 0.5) is 0 Å². The van der Waals surface area contributed by atoms with Crippen molar-refractivity contribution in [3.05, 3.63) is 16.9 Å². The molecule has 1 N–H and O–H groups in total. The van der Waals surface area contributed by atoms with E-state index in [-0.39, 0.29) is 6.04 Å². The van der Waals surface area contributed by atoms with Gasteiger partial charge < -0.3 is 10.1 Å². The van der Waals surface area contributed by atoms with E-state index < -0.39 is 0 Å². The molecule has 1 rings (SSSR count). The lowest BCUT2D eigenvalue weighted by atomic mass is 10.0. The van der Waals surface area contributed by atoms with Gasteiger partial charge in [-0.1, -0.05) is 25.4 Å². The fourth-order valence-electron chi connectivity index (χ4n) is 1.82. The second-order valence-electron chi connectivity index (χ2n) is 4.10. The van der Waals surface area contributed by atoms with Crippen LogP contribution in [0.3, 0.4) is 0 Å². The van der Waals surface area contributed by atoms with Crippen LogP contribution in [-0.4, -0.2) is 30.5 Å². The molecule has 92 valence electrons. The van der Waals surface area contributed by atoms with Crippen molar-refractivity contribution >= 4 is 11.6 Å². The topological polar surface area (TPSA) is 39.1 Å². The molecule has 0 aromatic carbocycles. The van der Waals surface area contributed by atoms with E-state index in [9.17, 15) is 0 Å². The number of hydrogen-bond acceptors (Lipinski definition) is 3. The smallest absolute Gasteiger partial charge is 0.0834 e. The van der Waals surface area contributed by atoms with Gasteiger partial charge in [0.15, 0.2) is 0 Å². The summed E-state index contributed by atoms with van der Waals surface area (Å²) in [5, 5.41) is 8.26. The molecule has 5 heteroatoms. The second-order valence-corrected chi connectivity index (χ2v) is 4.51. The molecule has 1 unspecified atom stereocenters. The number of rotatable bonds is 6. The van der Waals surface area contributed by atoms with Gasteiger partial charge in [0.05, 0.1) is 36.1 Å². The van der Waals surface area contributed by atoms with Crippen LogP contribution in [0.1, 0.15) is 25.6 Å². The fraction of sp³-hybridized carbons (Fsp3) is 0.727. The first kappa shape index (κ1) is 13.5. The highest BCUT2D eigenvalue weighted by atomic mass is 35.5. The summed E-state index contributed by atoms with van der Waals surface area (Å²) in [6.45, 7) is 5.68. The van der Waals surface area contributed by atoms with Crippen LogP contribution in [0.15, 0.2) is 6.20 Å². The van der Waals surface area contributed by atoms with Gasteiger partial charge in [0.2, 0.25) is 0 Å². The number of hydrogen-bond donors (Lipinski definition) is 1. The Morgan fingerprint density at radius 2 is 2.25 bits per heavy atom. The summed E-state index contributed by atoms with van der Waals surface area (Å²) in [5.74, 6) is 0.459. The first-order valence-electron chi connectivity index (χ1n) is 5.49. The van der Waals surface area contributed by atoms with E-state index in [1.165, 1.54) is 0 Å². The maximum Gasteiger partial charge on any atom is 0.0834 e. The molecular formula is C11H20ClN3O. The summed E-state index contributed by atoms with van der Waals surface area (Å²) in [6.07, 6.45) is 1.69. The van der Waals surface area contributed by atoms with Gasteiger partial charge in [0, 0.05) is 7.11 Å². The molecule has 0 aliphatic heterocycles.